The summed E-state index contributed by atoms with van der Waals surface area (Å²) in [5, 5.41) is 5.63. The van der Waals surface area contributed by atoms with Crippen LogP contribution in [0, 0.1) is 0 Å². The summed E-state index contributed by atoms with van der Waals surface area (Å²) in [6.07, 6.45) is -2.75. The first-order valence-corrected chi connectivity index (χ1v) is 7.33. The molecule has 4 rings (SSSR count). The van der Waals surface area contributed by atoms with Gasteiger partial charge in [0.2, 0.25) is 0 Å². The van der Waals surface area contributed by atoms with E-state index in [-0.39, 0.29) is 22.7 Å². The molecule has 0 atom stereocenters. The fourth-order valence-electron chi connectivity index (χ4n) is 2.38. The van der Waals surface area contributed by atoms with Crippen molar-refractivity contribution < 1.29 is 17.7 Å². The number of hydrogen-bond donors (Lipinski definition) is 0. The molecule has 1 saturated carbocycles. The molecule has 3 heterocycles. The molecule has 0 N–H and O–H groups in total. The van der Waals surface area contributed by atoms with Crippen LogP contribution in [0.4, 0.5) is 13.2 Å². The van der Waals surface area contributed by atoms with E-state index in [4.69, 9.17) is 4.52 Å². The second kappa shape index (κ2) is 4.30. The fourth-order valence-corrected chi connectivity index (χ4v) is 3.07. The highest BCUT2D eigenvalue weighted by Crippen LogP contribution is 2.46. The smallest absolute Gasteiger partial charge is 0.335 e. The fraction of sp³-hybridized carbons (Fsp3) is 0.286. The molecule has 0 unspecified atom stereocenters. The average molecular weight is 310 g/mol. The zero-order chi connectivity index (χ0) is 14.6. The van der Waals surface area contributed by atoms with Gasteiger partial charge in [-0.3, -0.25) is 0 Å². The topological polar surface area (TPSA) is 38.9 Å². The Morgan fingerprint density at radius 3 is 2.71 bits per heavy atom. The second-order valence-electron chi connectivity index (χ2n) is 5.05. The van der Waals surface area contributed by atoms with E-state index >= 15 is 0 Å². The second-order valence-corrected chi connectivity index (χ2v) is 6.00. The van der Waals surface area contributed by atoms with E-state index in [1.54, 1.807) is 17.5 Å². The number of aromatic nitrogens is 2. The maximum atomic E-state index is 13.4. The van der Waals surface area contributed by atoms with Crippen LogP contribution in [0.1, 0.15) is 30.0 Å². The molecule has 7 heteroatoms. The molecule has 3 aromatic rings. The van der Waals surface area contributed by atoms with E-state index in [2.05, 4.69) is 10.1 Å². The van der Waals surface area contributed by atoms with Crippen LogP contribution in [0.25, 0.3) is 21.7 Å². The van der Waals surface area contributed by atoms with Gasteiger partial charge in [-0.15, -0.1) is 11.3 Å². The maximum Gasteiger partial charge on any atom is 0.417 e. The third-order valence-corrected chi connectivity index (χ3v) is 4.41. The van der Waals surface area contributed by atoms with Crippen molar-refractivity contribution in [2.75, 3.05) is 0 Å². The Balaban J connectivity index is 2.01. The van der Waals surface area contributed by atoms with Gasteiger partial charge in [0.25, 0.3) is 5.71 Å². The SMILES string of the molecule is FC(F)(F)c1cc(-c2cccs2)nc2onc(C3CC3)c12. The highest BCUT2D eigenvalue weighted by atomic mass is 32.1. The third kappa shape index (κ3) is 2.12. The van der Waals surface area contributed by atoms with Gasteiger partial charge in [-0.05, 0) is 30.4 Å². The largest absolute Gasteiger partial charge is 0.417 e. The Morgan fingerprint density at radius 1 is 1.29 bits per heavy atom. The number of thiophene rings is 1. The average Bonchev–Trinajstić information content (AvgIpc) is 2.99. The Hall–Kier alpha value is -1.89. The summed E-state index contributed by atoms with van der Waals surface area (Å²) in [5.74, 6) is 0.0711. The molecule has 1 aliphatic carbocycles. The normalized spacial score (nSPS) is 15.8. The van der Waals surface area contributed by atoms with E-state index in [9.17, 15) is 13.2 Å². The van der Waals surface area contributed by atoms with Gasteiger partial charge >= 0.3 is 6.18 Å². The molecule has 0 aromatic carbocycles. The maximum absolute atomic E-state index is 13.4. The minimum absolute atomic E-state index is 0.0188. The van der Waals surface area contributed by atoms with E-state index in [0.717, 1.165) is 18.9 Å². The van der Waals surface area contributed by atoms with Crippen molar-refractivity contribution in [3.63, 3.8) is 0 Å². The number of fused-ring (bicyclic) bond motifs is 1. The molecule has 0 aliphatic heterocycles. The lowest BCUT2D eigenvalue weighted by atomic mass is 10.1. The number of nitrogens with zero attached hydrogens (tertiary/aromatic N) is 2. The summed E-state index contributed by atoms with van der Waals surface area (Å²) in [4.78, 5) is 4.88. The third-order valence-electron chi connectivity index (χ3n) is 3.52. The van der Waals surface area contributed by atoms with Crippen molar-refractivity contribution >= 4 is 22.4 Å². The summed E-state index contributed by atoms with van der Waals surface area (Å²) >= 11 is 1.34. The minimum atomic E-state index is -4.46. The van der Waals surface area contributed by atoms with Gasteiger partial charge in [0.1, 0.15) is 0 Å². The molecule has 0 spiro atoms. The molecule has 0 radical (unpaired) electrons. The summed E-state index contributed by atoms with van der Waals surface area (Å²) in [7, 11) is 0. The van der Waals surface area contributed by atoms with E-state index in [1.165, 1.54) is 11.3 Å². The van der Waals surface area contributed by atoms with Crippen molar-refractivity contribution in [2.45, 2.75) is 24.9 Å². The molecule has 3 aromatic heterocycles. The summed E-state index contributed by atoms with van der Waals surface area (Å²) < 4.78 is 45.2. The minimum Gasteiger partial charge on any atom is -0.335 e. The van der Waals surface area contributed by atoms with Gasteiger partial charge in [-0.25, -0.2) is 4.98 Å². The predicted octanol–water partition coefficient (Wildman–Crippen LogP) is 4.85. The first kappa shape index (κ1) is 12.8. The first-order valence-electron chi connectivity index (χ1n) is 6.45. The lowest BCUT2D eigenvalue weighted by Crippen LogP contribution is -2.07. The number of alkyl halides is 3. The predicted molar refractivity (Wildman–Crippen MR) is 72.1 cm³/mol. The van der Waals surface area contributed by atoms with Gasteiger partial charge in [0.15, 0.2) is 0 Å². The number of hydrogen-bond acceptors (Lipinski definition) is 4. The van der Waals surface area contributed by atoms with Gasteiger partial charge in [0, 0.05) is 5.92 Å². The van der Waals surface area contributed by atoms with E-state index in [0.29, 0.717) is 10.6 Å². The molecule has 108 valence electrons. The molecule has 0 amide bonds. The van der Waals surface area contributed by atoms with Crippen molar-refractivity contribution in [2.24, 2.45) is 0 Å². The van der Waals surface area contributed by atoms with Crippen LogP contribution in [0.15, 0.2) is 28.1 Å². The van der Waals surface area contributed by atoms with Crippen molar-refractivity contribution in [3.05, 3.63) is 34.8 Å². The Labute approximate surface area is 121 Å². The zero-order valence-corrected chi connectivity index (χ0v) is 11.5. The van der Waals surface area contributed by atoms with Crippen LogP contribution < -0.4 is 0 Å². The van der Waals surface area contributed by atoms with Crippen molar-refractivity contribution in [1.29, 1.82) is 0 Å². The highest BCUT2D eigenvalue weighted by molar-refractivity contribution is 7.13. The first-order chi connectivity index (χ1) is 10.0. The number of rotatable bonds is 2. The van der Waals surface area contributed by atoms with Crippen LogP contribution in [0.5, 0.6) is 0 Å². The molecule has 1 aliphatic rings. The van der Waals surface area contributed by atoms with Gasteiger partial charge in [-0.2, -0.15) is 13.2 Å². The molecular weight excluding hydrogens is 301 g/mol. The van der Waals surface area contributed by atoms with E-state index in [1.807, 2.05) is 0 Å². The number of pyridine rings is 1. The van der Waals surface area contributed by atoms with Crippen LogP contribution in [0.3, 0.4) is 0 Å². The quantitative estimate of drug-likeness (QED) is 0.679. The molecular formula is C14H9F3N2OS. The summed E-state index contributed by atoms with van der Waals surface area (Å²) in [6.45, 7) is 0. The highest BCUT2D eigenvalue weighted by Gasteiger charge is 2.39. The lowest BCUT2D eigenvalue weighted by molar-refractivity contribution is -0.136. The van der Waals surface area contributed by atoms with Crippen molar-refractivity contribution in [3.8, 4) is 10.6 Å². The molecule has 3 nitrogen and oxygen atoms in total. The van der Waals surface area contributed by atoms with Crippen molar-refractivity contribution in [1.82, 2.24) is 10.1 Å². The van der Waals surface area contributed by atoms with Crippen LogP contribution >= 0.6 is 11.3 Å². The molecule has 0 saturated heterocycles. The monoisotopic (exact) mass is 310 g/mol. The van der Waals surface area contributed by atoms with Gasteiger partial charge in [-0.1, -0.05) is 11.2 Å². The molecule has 1 fully saturated rings. The van der Waals surface area contributed by atoms with Gasteiger partial charge in [0.05, 0.1) is 27.2 Å². The van der Waals surface area contributed by atoms with Crippen LogP contribution in [-0.4, -0.2) is 10.1 Å². The van der Waals surface area contributed by atoms with Crippen LogP contribution in [0.2, 0.25) is 0 Å². The number of halogens is 3. The Morgan fingerprint density at radius 2 is 2.10 bits per heavy atom. The Kier molecular flexibility index (Phi) is 2.63. The standard InChI is InChI=1S/C14H9F3N2OS/c15-14(16,17)8-6-9(10-2-1-5-21-10)18-13-11(8)12(19-20-13)7-3-4-7/h1-2,5-7H,3-4H2. The Bertz CT molecular complexity index is 804. The summed E-state index contributed by atoms with van der Waals surface area (Å²) in [6, 6.07) is 4.60. The molecule has 21 heavy (non-hydrogen) atoms. The van der Waals surface area contributed by atoms with Gasteiger partial charge < -0.3 is 4.52 Å². The lowest BCUT2D eigenvalue weighted by Gasteiger charge is -2.09. The van der Waals surface area contributed by atoms with Crippen LogP contribution in [-0.2, 0) is 6.18 Å². The molecule has 0 bridgehead atoms. The van der Waals surface area contributed by atoms with E-state index < -0.39 is 11.7 Å². The zero-order valence-electron chi connectivity index (χ0n) is 10.6. The summed E-state index contributed by atoms with van der Waals surface area (Å²) in [5.41, 5.74) is -0.0833.